The molecule has 110 valence electrons. The molecule has 0 aromatic rings. The molecule has 0 aromatic heterocycles. The SMILES string of the molecule is O=C(O)CC1COCCN1C(=O)C1C2C3CCC(C3)C12. The van der Waals surface area contributed by atoms with E-state index in [-0.39, 0.29) is 24.3 Å². The summed E-state index contributed by atoms with van der Waals surface area (Å²) >= 11 is 0. The van der Waals surface area contributed by atoms with Crippen molar-refractivity contribution >= 4 is 11.9 Å². The molecule has 0 radical (unpaired) electrons. The van der Waals surface area contributed by atoms with Gasteiger partial charge in [-0.05, 0) is 42.9 Å². The molecule has 1 saturated heterocycles. The van der Waals surface area contributed by atoms with E-state index in [1.807, 2.05) is 0 Å². The van der Waals surface area contributed by atoms with Crippen molar-refractivity contribution < 1.29 is 19.4 Å². The van der Waals surface area contributed by atoms with Crippen molar-refractivity contribution in [1.29, 1.82) is 0 Å². The number of amides is 1. The van der Waals surface area contributed by atoms with Crippen LogP contribution in [0.3, 0.4) is 0 Å². The fraction of sp³-hybridized carbons (Fsp3) is 0.867. The van der Waals surface area contributed by atoms with E-state index < -0.39 is 5.97 Å². The summed E-state index contributed by atoms with van der Waals surface area (Å²) < 4.78 is 5.35. The summed E-state index contributed by atoms with van der Waals surface area (Å²) in [5.41, 5.74) is 0. The molecule has 20 heavy (non-hydrogen) atoms. The maximum atomic E-state index is 12.8. The van der Waals surface area contributed by atoms with Gasteiger partial charge in [-0.1, -0.05) is 0 Å². The van der Waals surface area contributed by atoms with E-state index in [9.17, 15) is 9.59 Å². The average molecular weight is 279 g/mol. The van der Waals surface area contributed by atoms with Crippen molar-refractivity contribution in [3.8, 4) is 0 Å². The van der Waals surface area contributed by atoms with Crippen LogP contribution in [-0.4, -0.2) is 47.7 Å². The van der Waals surface area contributed by atoms with Crippen LogP contribution in [0.2, 0.25) is 0 Å². The van der Waals surface area contributed by atoms with E-state index in [2.05, 4.69) is 0 Å². The first kappa shape index (κ1) is 12.6. The number of aliphatic carboxylic acids is 1. The van der Waals surface area contributed by atoms with Crippen LogP contribution in [0.25, 0.3) is 0 Å². The summed E-state index contributed by atoms with van der Waals surface area (Å²) in [6, 6.07) is -0.271. The number of carbonyl (C=O) groups is 2. The molecule has 4 aliphatic rings. The Morgan fingerprint density at radius 1 is 1.20 bits per heavy atom. The summed E-state index contributed by atoms with van der Waals surface area (Å²) in [5, 5.41) is 8.98. The summed E-state index contributed by atoms with van der Waals surface area (Å²) in [4.78, 5) is 25.5. The highest BCUT2D eigenvalue weighted by molar-refractivity contribution is 5.84. The highest BCUT2D eigenvalue weighted by Crippen LogP contribution is 2.69. The molecule has 5 atom stereocenters. The molecule has 4 rings (SSSR count). The summed E-state index contributed by atoms with van der Waals surface area (Å²) in [7, 11) is 0. The van der Waals surface area contributed by atoms with Gasteiger partial charge >= 0.3 is 5.97 Å². The molecule has 2 bridgehead atoms. The maximum absolute atomic E-state index is 12.8. The van der Waals surface area contributed by atoms with Gasteiger partial charge in [-0.3, -0.25) is 9.59 Å². The summed E-state index contributed by atoms with van der Waals surface area (Å²) in [6.07, 6.45) is 3.94. The number of carboxylic acids is 1. The molecular weight excluding hydrogens is 258 g/mol. The second kappa shape index (κ2) is 4.45. The van der Waals surface area contributed by atoms with Crippen LogP contribution >= 0.6 is 0 Å². The van der Waals surface area contributed by atoms with Crippen LogP contribution in [0.5, 0.6) is 0 Å². The number of morpholine rings is 1. The number of hydrogen-bond acceptors (Lipinski definition) is 3. The molecule has 0 spiro atoms. The molecule has 1 amide bonds. The topological polar surface area (TPSA) is 66.8 Å². The van der Waals surface area contributed by atoms with Crippen LogP contribution < -0.4 is 0 Å². The Kier molecular flexibility index (Phi) is 2.81. The van der Waals surface area contributed by atoms with Crippen LogP contribution in [0.4, 0.5) is 0 Å². The van der Waals surface area contributed by atoms with Gasteiger partial charge in [0.15, 0.2) is 0 Å². The molecule has 5 unspecified atom stereocenters. The van der Waals surface area contributed by atoms with E-state index in [0.717, 1.165) is 11.8 Å². The van der Waals surface area contributed by atoms with Crippen molar-refractivity contribution in [3.63, 3.8) is 0 Å². The first-order valence-corrected chi connectivity index (χ1v) is 7.77. The number of nitrogens with zero attached hydrogens (tertiary/aromatic N) is 1. The Hall–Kier alpha value is -1.10. The molecule has 1 heterocycles. The number of rotatable bonds is 3. The smallest absolute Gasteiger partial charge is 0.305 e. The standard InChI is InChI=1S/C15H21NO4/c17-11(18)6-10-7-20-4-3-16(10)15(19)14-12-8-1-2-9(5-8)13(12)14/h8-10,12-14H,1-7H2,(H,17,18). The van der Waals surface area contributed by atoms with E-state index in [1.54, 1.807) is 4.90 Å². The molecule has 1 aliphatic heterocycles. The van der Waals surface area contributed by atoms with Gasteiger partial charge in [0.05, 0.1) is 25.7 Å². The highest BCUT2D eigenvalue weighted by Gasteiger charge is 2.68. The number of carbonyl (C=O) groups excluding carboxylic acids is 1. The van der Waals surface area contributed by atoms with Crippen molar-refractivity contribution in [2.45, 2.75) is 31.7 Å². The second-order valence-electron chi connectivity index (χ2n) is 6.87. The van der Waals surface area contributed by atoms with Gasteiger partial charge in [0, 0.05) is 12.5 Å². The first-order valence-electron chi connectivity index (χ1n) is 7.77. The third kappa shape index (κ3) is 1.79. The Labute approximate surface area is 118 Å². The van der Waals surface area contributed by atoms with Gasteiger partial charge in [0.1, 0.15) is 0 Å². The van der Waals surface area contributed by atoms with Crippen molar-refractivity contribution in [3.05, 3.63) is 0 Å². The largest absolute Gasteiger partial charge is 0.481 e. The maximum Gasteiger partial charge on any atom is 0.305 e. The summed E-state index contributed by atoms with van der Waals surface area (Å²) in [5.74, 6) is 2.36. The van der Waals surface area contributed by atoms with Crippen LogP contribution in [0.1, 0.15) is 25.7 Å². The quantitative estimate of drug-likeness (QED) is 0.836. The fourth-order valence-corrected chi connectivity index (χ4v) is 5.16. The van der Waals surface area contributed by atoms with Gasteiger partial charge < -0.3 is 14.7 Å². The third-order valence-electron chi connectivity index (χ3n) is 5.94. The van der Waals surface area contributed by atoms with Crippen molar-refractivity contribution in [1.82, 2.24) is 4.90 Å². The van der Waals surface area contributed by atoms with E-state index >= 15 is 0 Å². The van der Waals surface area contributed by atoms with Crippen LogP contribution in [0.15, 0.2) is 0 Å². The van der Waals surface area contributed by atoms with Gasteiger partial charge in [0.2, 0.25) is 5.91 Å². The zero-order chi connectivity index (χ0) is 13.9. The Balaban J connectivity index is 1.46. The van der Waals surface area contributed by atoms with E-state index in [1.165, 1.54) is 19.3 Å². The van der Waals surface area contributed by atoms with Gasteiger partial charge in [0.25, 0.3) is 0 Å². The number of carboxylic acid groups (broad SMARTS) is 1. The Morgan fingerprint density at radius 3 is 2.55 bits per heavy atom. The van der Waals surface area contributed by atoms with E-state index in [0.29, 0.717) is 31.6 Å². The first-order chi connectivity index (χ1) is 9.66. The van der Waals surface area contributed by atoms with Crippen LogP contribution in [0, 0.1) is 29.6 Å². The molecule has 5 heteroatoms. The minimum absolute atomic E-state index is 0.000645. The highest BCUT2D eigenvalue weighted by atomic mass is 16.5. The van der Waals surface area contributed by atoms with Gasteiger partial charge in [-0.2, -0.15) is 0 Å². The lowest BCUT2D eigenvalue weighted by atomic mass is 10.0. The van der Waals surface area contributed by atoms with Crippen molar-refractivity contribution in [2.24, 2.45) is 29.6 Å². The zero-order valence-corrected chi connectivity index (χ0v) is 11.5. The molecule has 0 aromatic carbocycles. The average Bonchev–Trinajstić information content (AvgIpc) is 2.86. The Bertz CT molecular complexity index is 435. The molecule has 5 nitrogen and oxygen atoms in total. The number of hydrogen-bond donors (Lipinski definition) is 1. The number of ether oxygens (including phenoxy) is 1. The molecule has 4 fully saturated rings. The molecule has 3 saturated carbocycles. The van der Waals surface area contributed by atoms with Gasteiger partial charge in [-0.25, -0.2) is 0 Å². The van der Waals surface area contributed by atoms with E-state index in [4.69, 9.17) is 9.84 Å². The van der Waals surface area contributed by atoms with Crippen molar-refractivity contribution in [2.75, 3.05) is 19.8 Å². The lowest BCUT2D eigenvalue weighted by Gasteiger charge is -2.35. The zero-order valence-electron chi connectivity index (χ0n) is 11.5. The molecule has 3 aliphatic carbocycles. The Morgan fingerprint density at radius 2 is 1.90 bits per heavy atom. The lowest BCUT2D eigenvalue weighted by Crippen LogP contribution is -2.50. The molecule has 1 N–H and O–H groups in total. The monoisotopic (exact) mass is 279 g/mol. The third-order valence-corrected chi connectivity index (χ3v) is 5.94. The fourth-order valence-electron chi connectivity index (χ4n) is 5.16. The molecular formula is C15H21NO4. The predicted octanol–water partition coefficient (Wildman–Crippen LogP) is 0.981. The normalized spacial score (nSPS) is 45.3. The minimum atomic E-state index is -0.852. The number of fused-ring (bicyclic) bond motifs is 5. The second-order valence-corrected chi connectivity index (χ2v) is 6.87. The van der Waals surface area contributed by atoms with Gasteiger partial charge in [-0.15, -0.1) is 0 Å². The lowest BCUT2D eigenvalue weighted by molar-refractivity contribution is -0.147. The summed E-state index contributed by atoms with van der Waals surface area (Å²) in [6.45, 7) is 1.46. The minimum Gasteiger partial charge on any atom is -0.481 e. The van der Waals surface area contributed by atoms with Crippen LogP contribution in [-0.2, 0) is 14.3 Å². The predicted molar refractivity (Wildman–Crippen MR) is 69.9 cm³/mol.